The minimum Gasteiger partial charge on any atom is -0.465 e. The number of thiophene rings is 1. The summed E-state index contributed by atoms with van der Waals surface area (Å²) in [7, 11) is 1.35. The lowest BCUT2D eigenvalue weighted by molar-refractivity contribution is -0.125. The summed E-state index contributed by atoms with van der Waals surface area (Å²) in [5, 5.41) is 7.45. The molecule has 1 atom stereocenters. The Hall–Kier alpha value is -2.19. The third kappa shape index (κ3) is 3.51. The largest absolute Gasteiger partial charge is 0.465 e. The predicted molar refractivity (Wildman–Crippen MR) is 106 cm³/mol. The first kappa shape index (κ1) is 18.2. The summed E-state index contributed by atoms with van der Waals surface area (Å²) in [4.78, 5) is 31.4. The Kier molecular flexibility index (Phi) is 5.01. The maximum Gasteiger partial charge on any atom is 0.341 e. The van der Waals surface area contributed by atoms with E-state index < -0.39 is 12.1 Å². The van der Waals surface area contributed by atoms with Gasteiger partial charge in [-0.25, -0.2) is 4.79 Å². The van der Waals surface area contributed by atoms with Crippen molar-refractivity contribution in [3.8, 4) is 0 Å². The molecular formula is C19H17BrN2O4S. The third-order valence-corrected chi connectivity index (χ3v) is 6.37. The lowest BCUT2D eigenvalue weighted by atomic mass is 10.0. The average molecular weight is 449 g/mol. The molecule has 1 unspecified atom stereocenters. The van der Waals surface area contributed by atoms with Gasteiger partial charge >= 0.3 is 5.97 Å². The quantitative estimate of drug-likeness (QED) is 0.718. The minimum atomic E-state index is -0.721. The van der Waals surface area contributed by atoms with Gasteiger partial charge in [0.05, 0.1) is 18.4 Å². The average Bonchev–Trinajstić information content (AvgIpc) is 3.36. The zero-order chi connectivity index (χ0) is 19.0. The third-order valence-electron chi connectivity index (χ3n) is 4.67. The van der Waals surface area contributed by atoms with Crippen LogP contribution in [0.25, 0.3) is 0 Å². The van der Waals surface area contributed by atoms with Crippen LogP contribution in [-0.4, -0.2) is 30.8 Å². The Balaban J connectivity index is 1.49. The number of aryl methyl sites for hydroxylation is 1. The van der Waals surface area contributed by atoms with Crippen molar-refractivity contribution in [2.75, 3.05) is 12.4 Å². The van der Waals surface area contributed by atoms with E-state index in [1.165, 1.54) is 18.4 Å². The maximum atomic E-state index is 12.7. The van der Waals surface area contributed by atoms with Crippen LogP contribution in [0.2, 0.25) is 0 Å². The SMILES string of the molecule is COC(=O)c1c(NC(=O)C2CC(c3cccc(Br)c3)=NO2)sc2c1CCC2. The highest BCUT2D eigenvalue weighted by Gasteiger charge is 2.32. The number of benzene rings is 1. The number of ether oxygens (including phenoxy) is 1. The van der Waals surface area contributed by atoms with Gasteiger partial charge in [0, 0.05) is 21.3 Å². The van der Waals surface area contributed by atoms with Crippen molar-refractivity contribution in [1.82, 2.24) is 0 Å². The van der Waals surface area contributed by atoms with E-state index >= 15 is 0 Å². The van der Waals surface area contributed by atoms with Gasteiger partial charge in [-0.15, -0.1) is 11.3 Å². The standard InChI is InChI=1S/C19H17BrN2O4S/c1-25-19(24)16-12-6-3-7-15(12)27-18(16)21-17(23)14-9-13(22-26-14)10-4-2-5-11(20)8-10/h2,4-5,8,14H,3,6-7,9H2,1H3,(H,21,23). The molecule has 1 N–H and O–H groups in total. The Bertz CT molecular complexity index is 953. The molecule has 140 valence electrons. The molecule has 1 aromatic heterocycles. The summed E-state index contributed by atoms with van der Waals surface area (Å²) in [6, 6.07) is 7.69. The van der Waals surface area contributed by atoms with E-state index in [2.05, 4.69) is 26.4 Å². The normalized spacial score (nSPS) is 17.9. The van der Waals surface area contributed by atoms with Crippen molar-refractivity contribution >= 4 is 49.9 Å². The number of carbonyl (C=O) groups is 2. The summed E-state index contributed by atoms with van der Waals surface area (Å²) < 4.78 is 5.85. The Morgan fingerprint density at radius 2 is 2.22 bits per heavy atom. The van der Waals surface area contributed by atoms with E-state index in [1.54, 1.807) is 0 Å². The number of rotatable bonds is 4. The molecule has 0 saturated carbocycles. The molecule has 0 radical (unpaired) electrons. The van der Waals surface area contributed by atoms with Crippen LogP contribution in [-0.2, 0) is 27.2 Å². The van der Waals surface area contributed by atoms with Gasteiger partial charge < -0.3 is 14.9 Å². The molecule has 8 heteroatoms. The van der Waals surface area contributed by atoms with Crippen LogP contribution in [0.1, 0.15) is 39.2 Å². The van der Waals surface area contributed by atoms with Crippen molar-refractivity contribution in [3.05, 3.63) is 50.3 Å². The first-order chi connectivity index (χ1) is 13.1. The van der Waals surface area contributed by atoms with Crippen LogP contribution in [0.5, 0.6) is 0 Å². The van der Waals surface area contributed by atoms with E-state index in [0.29, 0.717) is 17.0 Å². The molecule has 1 amide bonds. The predicted octanol–water partition coefficient (Wildman–Crippen LogP) is 3.92. The van der Waals surface area contributed by atoms with E-state index in [4.69, 9.17) is 9.57 Å². The Morgan fingerprint density at radius 3 is 3.00 bits per heavy atom. The number of nitrogens with one attached hydrogen (secondary N) is 1. The number of hydrogen-bond donors (Lipinski definition) is 1. The van der Waals surface area contributed by atoms with Gasteiger partial charge in [0.15, 0.2) is 0 Å². The molecule has 0 spiro atoms. The van der Waals surface area contributed by atoms with Gasteiger partial charge in [-0.1, -0.05) is 33.2 Å². The molecule has 1 aliphatic carbocycles. The highest BCUT2D eigenvalue weighted by Crippen LogP contribution is 2.39. The van der Waals surface area contributed by atoms with Crippen molar-refractivity contribution in [3.63, 3.8) is 0 Å². The summed E-state index contributed by atoms with van der Waals surface area (Å²) in [6.07, 6.45) is 2.44. The summed E-state index contributed by atoms with van der Waals surface area (Å²) in [6.45, 7) is 0. The van der Waals surface area contributed by atoms with Gasteiger partial charge in [-0.3, -0.25) is 4.79 Å². The van der Waals surface area contributed by atoms with E-state index in [-0.39, 0.29) is 5.91 Å². The van der Waals surface area contributed by atoms with Gasteiger partial charge in [0.25, 0.3) is 5.91 Å². The van der Waals surface area contributed by atoms with E-state index in [9.17, 15) is 9.59 Å². The number of amides is 1. The van der Waals surface area contributed by atoms with Gasteiger partial charge in [0.1, 0.15) is 5.00 Å². The molecule has 0 fully saturated rings. The monoisotopic (exact) mass is 448 g/mol. The molecule has 0 saturated heterocycles. The van der Waals surface area contributed by atoms with Crippen LogP contribution < -0.4 is 5.32 Å². The lowest BCUT2D eigenvalue weighted by Crippen LogP contribution is -2.28. The van der Waals surface area contributed by atoms with E-state index in [0.717, 1.165) is 45.5 Å². The Labute approximate surface area is 168 Å². The topological polar surface area (TPSA) is 77.0 Å². The molecular weight excluding hydrogens is 432 g/mol. The number of nitrogens with zero attached hydrogens (tertiary/aromatic N) is 1. The zero-order valence-electron chi connectivity index (χ0n) is 14.6. The summed E-state index contributed by atoms with van der Waals surface area (Å²) in [5.41, 5.74) is 3.11. The molecule has 2 aromatic rings. The number of oxime groups is 1. The zero-order valence-corrected chi connectivity index (χ0v) is 17.0. The molecule has 1 aromatic carbocycles. The molecule has 4 rings (SSSR count). The van der Waals surface area contributed by atoms with Gasteiger partial charge in [-0.05, 0) is 37.0 Å². The van der Waals surface area contributed by atoms with Gasteiger partial charge in [-0.2, -0.15) is 0 Å². The van der Waals surface area contributed by atoms with Crippen LogP contribution in [0.4, 0.5) is 5.00 Å². The second-order valence-corrected chi connectivity index (χ2v) is 8.41. The number of anilines is 1. The number of methoxy groups -OCH3 is 1. The van der Waals surface area contributed by atoms with Crippen molar-refractivity contribution in [1.29, 1.82) is 0 Å². The highest BCUT2D eigenvalue weighted by molar-refractivity contribution is 9.10. The Morgan fingerprint density at radius 1 is 1.37 bits per heavy atom. The van der Waals surface area contributed by atoms with Crippen molar-refractivity contribution in [2.45, 2.75) is 31.8 Å². The summed E-state index contributed by atoms with van der Waals surface area (Å²) >= 11 is 4.88. The second-order valence-electron chi connectivity index (χ2n) is 6.39. The number of esters is 1. The molecule has 0 bridgehead atoms. The fourth-order valence-corrected chi connectivity index (χ4v) is 5.04. The van der Waals surface area contributed by atoms with Crippen LogP contribution in [0, 0.1) is 0 Å². The first-order valence-corrected chi connectivity index (χ1v) is 10.2. The van der Waals surface area contributed by atoms with Crippen LogP contribution in [0.15, 0.2) is 33.9 Å². The fourth-order valence-electron chi connectivity index (χ4n) is 3.36. The fraction of sp³-hybridized carbons (Fsp3) is 0.316. The molecule has 2 aliphatic rings. The highest BCUT2D eigenvalue weighted by atomic mass is 79.9. The van der Waals surface area contributed by atoms with Gasteiger partial charge in [0.2, 0.25) is 6.10 Å². The molecule has 6 nitrogen and oxygen atoms in total. The minimum absolute atomic E-state index is 0.311. The lowest BCUT2D eigenvalue weighted by Gasteiger charge is -2.10. The molecule has 1 aliphatic heterocycles. The first-order valence-electron chi connectivity index (χ1n) is 8.59. The van der Waals surface area contributed by atoms with Crippen LogP contribution >= 0.6 is 27.3 Å². The second kappa shape index (κ2) is 7.44. The number of halogens is 1. The number of fused-ring (bicyclic) bond motifs is 1. The number of carbonyl (C=O) groups excluding carboxylic acids is 2. The van der Waals surface area contributed by atoms with Crippen molar-refractivity contribution < 1.29 is 19.2 Å². The molecule has 2 heterocycles. The van der Waals surface area contributed by atoms with Crippen molar-refractivity contribution in [2.24, 2.45) is 5.16 Å². The maximum absolute atomic E-state index is 12.7. The smallest absolute Gasteiger partial charge is 0.341 e. The summed E-state index contributed by atoms with van der Waals surface area (Å²) in [5.74, 6) is -0.725. The van der Waals surface area contributed by atoms with Crippen LogP contribution in [0.3, 0.4) is 0 Å². The molecule has 27 heavy (non-hydrogen) atoms. The number of hydrogen-bond acceptors (Lipinski definition) is 6. The van der Waals surface area contributed by atoms with E-state index in [1.807, 2.05) is 24.3 Å².